The lowest BCUT2D eigenvalue weighted by molar-refractivity contribution is -0.141. The van der Waals surface area contributed by atoms with Gasteiger partial charge in [-0.1, -0.05) is 60.6 Å². The number of likely N-dealkylation sites (N-methyl/N-ethyl adjacent to an activating group) is 2. The highest BCUT2D eigenvalue weighted by molar-refractivity contribution is 5.91. The van der Waals surface area contributed by atoms with Gasteiger partial charge in [0.15, 0.2) is 0 Å². The number of nitrogens with one attached hydrogen (secondary N) is 2. The van der Waals surface area contributed by atoms with Crippen molar-refractivity contribution >= 4 is 17.8 Å². The lowest BCUT2D eigenvalue weighted by atomic mass is 9.82. The van der Waals surface area contributed by atoms with Crippen molar-refractivity contribution in [1.29, 1.82) is 0 Å². The molecule has 0 aliphatic carbocycles. The molecule has 0 spiro atoms. The van der Waals surface area contributed by atoms with Crippen LogP contribution < -0.4 is 10.6 Å². The number of carboxylic acids is 1. The Morgan fingerprint density at radius 1 is 1.07 bits per heavy atom. The molecule has 0 radical (unpaired) electrons. The van der Waals surface area contributed by atoms with Crippen LogP contribution >= 0.6 is 0 Å². The average molecular weight is 424 g/mol. The molecule has 0 saturated heterocycles. The van der Waals surface area contributed by atoms with E-state index >= 15 is 0 Å². The number of amides is 2. The van der Waals surface area contributed by atoms with Gasteiger partial charge < -0.3 is 20.6 Å². The van der Waals surface area contributed by atoms with Crippen LogP contribution in [0.3, 0.4) is 0 Å². The van der Waals surface area contributed by atoms with Crippen LogP contribution in [0, 0.1) is 16.7 Å². The number of carbonyl (C=O) groups excluding carboxylic acids is 2. The quantitative estimate of drug-likeness (QED) is 0.371. The molecule has 0 aliphatic heterocycles. The Bertz CT molecular complexity index is 674. The molecule has 0 bridgehead atoms. The van der Waals surface area contributed by atoms with E-state index in [0.717, 1.165) is 0 Å². The summed E-state index contributed by atoms with van der Waals surface area (Å²) in [5.74, 6) is -1.59. The van der Waals surface area contributed by atoms with E-state index in [1.807, 2.05) is 48.5 Å². The maximum Gasteiger partial charge on any atom is 0.331 e. The van der Waals surface area contributed by atoms with E-state index in [9.17, 15) is 19.5 Å². The van der Waals surface area contributed by atoms with Crippen LogP contribution in [0.4, 0.5) is 0 Å². The Hall–Kier alpha value is -2.15. The maximum atomic E-state index is 13.4. The predicted octanol–water partition coefficient (Wildman–Crippen LogP) is 2.83. The van der Waals surface area contributed by atoms with E-state index in [4.69, 9.17) is 0 Å². The van der Waals surface area contributed by atoms with Crippen molar-refractivity contribution in [2.75, 3.05) is 14.1 Å². The van der Waals surface area contributed by atoms with Gasteiger partial charge in [0.1, 0.15) is 6.04 Å². The van der Waals surface area contributed by atoms with E-state index in [1.165, 1.54) is 11.8 Å². The molecule has 0 heterocycles. The zero-order valence-corrected chi connectivity index (χ0v) is 20.3. The SMILES string of the molecule is C=CC(C)(C)[C@H](NC)C(=O)N[C@H](C(=O)N(C)[C@H](C=C(C)C(=O)O)C(C)C)C(C)(C)C. The Kier molecular flexibility index (Phi) is 9.98. The molecular formula is C23H41N3O4. The zero-order chi connectivity index (χ0) is 24.0. The molecule has 0 aromatic heterocycles. The third kappa shape index (κ3) is 7.27. The number of rotatable bonds is 10. The van der Waals surface area contributed by atoms with Gasteiger partial charge in [-0.05, 0) is 25.3 Å². The summed E-state index contributed by atoms with van der Waals surface area (Å²) in [6.07, 6.45) is 3.30. The fourth-order valence-electron chi connectivity index (χ4n) is 3.26. The first-order chi connectivity index (χ1) is 13.5. The van der Waals surface area contributed by atoms with Gasteiger partial charge in [-0.3, -0.25) is 9.59 Å². The molecule has 172 valence electrons. The molecule has 30 heavy (non-hydrogen) atoms. The summed E-state index contributed by atoms with van der Waals surface area (Å²) < 4.78 is 0. The normalized spacial score (nSPS) is 15.9. The van der Waals surface area contributed by atoms with E-state index in [2.05, 4.69) is 17.2 Å². The first-order valence-electron chi connectivity index (χ1n) is 10.3. The zero-order valence-electron chi connectivity index (χ0n) is 20.3. The summed E-state index contributed by atoms with van der Waals surface area (Å²) in [7, 11) is 3.34. The molecule has 2 amide bonds. The largest absolute Gasteiger partial charge is 0.478 e. The van der Waals surface area contributed by atoms with Crippen LogP contribution in [0.15, 0.2) is 24.3 Å². The van der Waals surface area contributed by atoms with Crippen molar-refractivity contribution in [3.8, 4) is 0 Å². The molecule has 0 saturated carbocycles. The molecule has 0 aromatic carbocycles. The molecule has 7 heteroatoms. The summed E-state index contributed by atoms with van der Waals surface area (Å²) in [5.41, 5.74) is -0.893. The second-order valence-electron chi connectivity index (χ2n) is 9.89. The highest BCUT2D eigenvalue weighted by Gasteiger charge is 2.40. The van der Waals surface area contributed by atoms with Crippen molar-refractivity contribution in [3.05, 3.63) is 24.3 Å². The van der Waals surface area contributed by atoms with Gasteiger partial charge in [-0.15, -0.1) is 6.58 Å². The predicted molar refractivity (Wildman–Crippen MR) is 121 cm³/mol. The Morgan fingerprint density at radius 2 is 1.57 bits per heavy atom. The van der Waals surface area contributed by atoms with Gasteiger partial charge in [0.2, 0.25) is 11.8 Å². The molecular weight excluding hydrogens is 382 g/mol. The Balaban J connectivity index is 5.96. The fraction of sp³-hybridized carbons (Fsp3) is 0.696. The van der Waals surface area contributed by atoms with Crippen molar-refractivity contribution in [2.45, 2.75) is 73.5 Å². The van der Waals surface area contributed by atoms with E-state index in [1.54, 1.807) is 26.2 Å². The highest BCUT2D eigenvalue weighted by atomic mass is 16.4. The molecule has 0 aliphatic rings. The molecule has 3 atom stereocenters. The summed E-state index contributed by atoms with van der Waals surface area (Å²) in [5, 5.41) is 15.2. The van der Waals surface area contributed by atoms with Gasteiger partial charge >= 0.3 is 5.97 Å². The number of nitrogens with zero attached hydrogens (tertiary/aromatic N) is 1. The second kappa shape index (κ2) is 10.8. The van der Waals surface area contributed by atoms with Gasteiger partial charge in [-0.25, -0.2) is 4.79 Å². The third-order valence-corrected chi connectivity index (χ3v) is 5.46. The van der Waals surface area contributed by atoms with Crippen LogP contribution in [0.25, 0.3) is 0 Å². The van der Waals surface area contributed by atoms with Crippen LogP contribution in [-0.4, -0.2) is 60.0 Å². The minimum atomic E-state index is -1.02. The summed E-state index contributed by atoms with van der Waals surface area (Å²) in [6.45, 7) is 18.6. The van der Waals surface area contributed by atoms with Gasteiger partial charge in [0.25, 0.3) is 0 Å². The second-order valence-corrected chi connectivity index (χ2v) is 9.89. The number of aliphatic carboxylic acids is 1. The fourth-order valence-corrected chi connectivity index (χ4v) is 3.26. The van der Waals surface area contributed by atoms with Crippen molar-refractivity contribution in [2.24, 2.45) is 16.7 Å². The van der Waals surface area contributed by atoms with E-state index in [-0.39, 0.29) is 23.3 Å². The highest BCUT2D eigenvalue weighted by Crippen LogP contribution is 2.26. The van der Waals surface area contributed by atoms with Gasteiger partial charge in [-0.2, -0.15) is 0 Å². The van der Waals surface area contributed by atoms with E-state index in [0.29, 0.717) is 0 Å². The number of carbonyl (C=O) groups is 3. The maximum absolute atomic E-state index is 13.4. The monoisotopic (exact) mass is 423 g/mol. The molecule has 3 N–H and O–H groups in total. The van der Waals surface area contributed by atoms with Crippen LogP contribution in [0.2, 0.25) is 0 Å². The first-order valence-corrected chi connectivity index (χ1v) is 10.3. The molecule has 7 nitrogen and oxygen atoms in total. The van der Waals surface area contributed by atoms with Crippen LogP contribution in [0.1, 0.15) is 55.4 Å². The minimum absolute atomic E-state index is 0.00525. The Morgan fingerprint density at radius 3 is 1.90 bits per heavy atom. The number of carboxylic acid groups (broad SMARTS) is 1. The topological polar surface area (TPSA) is 98.7 Å². The van der Waals surface area contributed by atoms with Crippen LogP contribution in [0.5, 0.6) is 0 Å². The average Bonchev–Trinajstić information content (AvgIpc) is 2.61. The summed E-state index contributed by atoms with van der Waals surface area (Å²) >= 11 is 0. The molecule has 0 aromatic rings. The van der Waals surface area contributed by atoms with E-state index < -0.39 is 34.9 Å². The molecule has 0 rings (SSSR count). The van der Waals surface area contributed by atoms with Crippen molar-refractivity contribution < 1.29 is 19.5 Å². The Labute approximate surface area is 182 Å². The van der Waals surface area contributed by atoms with Gasteiger partial charge in [0, 0.05) is 18.0 Å². The van der Waals surface area contributed by atoms with Crippen molar-refractivity contribution in [1.82, 2.24) is 15.5 Å². The first kappa shape index (κ1) is 27.8. The van der Waals surface area contributed by atoms with Gasteiger partial charge in [0.05, 0.1) is 12.1 Å². The third-order valence-electron chi connectivity index (χ3n) is 5.46. The summed E-state index contributed by atoms with van der Waals surface area (Å²) in [6, 6.07) is -1.76. The van der Waals surface area contributed by atoms with Crippen molar-refractivity contribution in [3.63, 3.8) is 0 Å². The number of hydrogen-bond donors (Lipinski definition) is 3. The molecule has 0 unspecified atom stereocenters. The minimum Gasteiger partial charge on any atom is -0.478 e. The lowest BCUT2D eigenvalue weighted by Gasteiger charge is -2.39. The standard InChI is InChI=1S/C23H41N3O4/c1-12-23(8,9)17(24-10)19(27)25-18(22(5,6)7)20(28)26(11)16(14(2)3)13-15(4)21(29)30/h12-14,16-18,24H,1H2,2-11H3,(H,25,27)(H,29,30)/t16-,17-,18-/m1/s1. The smallest absolute Gasteiger partial charge is 0.331 e. The molecule has 0 fully saturated rings. The lowest BCUT2D eigenvalue weighted by Crippen LogP contribution is -2.60. The van der Waals surface area contributed by atoms with Crippen LogP contribution in [-0.2, 0) is 14.4 Å². The number of hydrogen-bond acceptors (Lipinski definition) is 4. The summed E-state index contributed by atoms with van der Waals surface area (Å²) in [4.78, 5) is 39.3.